The number of carbonyl (C=O) groups is 2. The molecule has 1 saturated heterocycles. The topological polar surface area (TPSA) is 90.3 Å². The van der Waals surface area contributed by atoms with E-state index in [0.717, 1.165) is 86.6 Å². The number of ether oxygens (including phenoxy) is 1. The molecule has 2 N–H and O–H groups in total. The lowest BCUT2D eigenvalue weighted by atomic mass is 9.92. The fourth-order valence-electron chi connectivity index (χ4n) is 6.07. The zero-order valence-corrected chi connectivity index (χ0v) is 27.6. The number of hydrogen-bond donors (Lipinski definition) is 2. The minimum absolute atomic E-state index is 0.167. The Bertz CT molecular complexity index is 1410. The average molecular weight is 647 g/mol. The number of carboxylic acids is 2. The summed E-state index contributed by atoms with van der Waals surface area (Å²) in [6, 6.07) is 23.7. The highest BCUT2D eigenvalue weighted by molar-refractivity contribution is 6.30. The van der Waals surface area contributed by atoms with Gasteiger partial charge in [-0.05, 0) is 106 Å². The molecule has 7 nitrogen and oxygen atoms in total. The second-order valence-electron chi connectivity index (χ2n) is 12.2. The number of anilines is 1. The van der Waals surface area contributed by atoms with Crippen LogP contribution in [0.3, 0.4) is 0 Å². The van der Waals surface area contributed by atoms with Gasteiger partial charge in [-0.15, -0.1) is 0 Å². The molecule has 0 saturated carbocycles. The van der Waals surface area contributed by atoms with Crippen molar-refractivity contribution in [1.29, 1.82) is 0 Å². The van der Waals surface area contributed by atoms with Gasteiger partial charge in [0.15, 0.2) is 0 Å². The van der Waals surface area contributed by atoms with E-state index in [1.54, 1.807) is 12.1 Å². The third kappa shape index (κ3) is 11.5. The summed E-state index contributed by atoms with van der Waals surface area (Å²) in [6.07, 6.45) is 10.8. The Morgan fingerprint density at radius 3 is 2.41 bits per heavy atom. The second kappa shape index (κ2) is 18.4. The van der Waals surface area contributed by atoms with Crippen LogP contribution >= 0.6 is 11.6 Å². The molecule has 0 aliphatic carbocycles. The van der Waals surface area contributed by atoms with Gasteiger partial charge in [-0.1, -0.05) is 60.5 Å². The molecule has 0 radical (unpaired) electrons. The number of aliphatic carboxylic acids is 1. The maximum Gasteiger partial charge on any atom is 0.335 e. The summed E-state index contributed by atoms with van der Waals surface area (Å²) in [6.45, 7) is 7.21. The number of para-hydroxylation sites is 1. The monoisotopic (exact) mass is 646 g/mol. The molecule has 2 atom stereocenters. The zero-order chi connectivity index (χ0) is 32.7. The van der Waals surface area contributed by atoms with Crippen LogP contribution in [-0.2, 0) is 11.2 Å². The van der Waals surface area contributed by atoms with Gasteiger partial charge in [0, 0.05) is 48.4 Å². The summed E-state index contributed by atoms with van der Waals surface area (Å²) in [5.41, 5.74) is 3.58. The summed E-state index contributed by atoms with van der Waals surface area (Å²) < 4.78 is 6.23. The number of rotatable bonds is 18. The minimum atomic E-state index is -0.938. The fraction of sp³-hybridized carbons (Fsp3) is 0.421. The third-order valence-corrected chi connectivity index (χ3v) is 8.88. The Kier molecular flexibility index (Phi) is 14.0. The van der Waals surface area contributed by atoms with Crippen LogP contribution in [0.5, 0.6) is 5.75 Å². The van der Waals surface area contributed by atoms with Crippen LogP contribution in [-0.4, -0.2) is 65.9 Å². The molecule has 2 unspecified atom stereocenters. The van der Waals surface area contributed by atoms with Crippen LogP contribution in [0.4, 0.5) is 5.69 Å². The van der Waals surface area contributed by atoms with Crippen molar-refractivity contribution in [1.82, 2.24) is 4.90 Å². The third-order valence-electron chi connectivity index (χ3n) is 8.63. The Balaban J connectivity index is 1.23. The molecule has 3 aromatic carbocycles. The number of benzene rings is 3. The van der Waals surface area contributed by atoms with Gasteiger partial charge in [-0.2, -0.15) is 0 Å². The number of allylic oxidation sites excluding steroid dienone is 1. The fourth-order valence-corrected chi connectivity index (χ4v) is 6.20. The first-order chi connectivity index (χ1) is 22.3. The smallest absolute Gasteiger partial charge is 0.335 e. The van der Waals surface area contributed by atoms with E-state index in [-0.39, 0.29) is 17.9 Å². The molecule has 46 heavy (non-hydrogen) atoms. The first-order valence-corrected chi connectivity index (χ1v) is 16.8. The van der Waals surface area contributed by atoms with E-state index in [2.05, 4.69) is 47.1 Å². The minimum Gasteiger partial charge on any atom is -0.493 e. The molecule has 4 rings (SSSR count). The first-order valence-electron chi connectivity index (χ1n) is 16.5. The quantitative estimate of drug-likeness (QED) is 0.134. The lowest BCUT2D eigenvalue weighted by Gasteiger charge is -2.41. The molecule has 1 heterocycles. The van der Waals surface area contributed by atoms with Crippen molar-refractivity contribution in [2.75, 3.05) is 37.7 Å². The highest BCUT2D eigenvalue weighted by Crippen LogP contribution is 2.25. The van der Waals surface area contributed by atoms with Gasteiger partial charge in [0.25, 0.3) is 0 Å². The average Bonchev–Trinajstić information content (AvgIpc) is 3.04. The van der Waals surface area contributed by atoms with Gasteiger partial charge in [0.2, 0.25) is 0 Å². The molecular weight excluding hydrogens is 600 g/mol. The van der Waals surface area contributed by atoms with Crippen molar-refractivity contribution in [3.63, 3.8) is 0 Å². The largest absolute Gasteiger partial charge is 0.493 e. The van der Waals surface area contributed by atoms with Crippen molar-refractivity contribution in [2.45, 2.75) is 64.3 Å². The van der Waals surface area contributed by atoms with E-state index in [9.17, 15) is 14.7 Å². The molecular formula is C38H47ClN2O5. The van der Waals surface area contributed by atoms with Gasteiger partial charge in [-0.25, -0.2) is 4.79 Å². The number of carboxylic acid groups (broad SMARTS) is 2. The maximum atomic E-state index is 11.2. The molecule has 1 aliphatic heterocycles. The summed E-state index contributed by atoms with van der Waals surface area (Å²) >= 11 is 6.07. The predicted octanol–water partition coefficient (Wildman–Crippen LogP) is 8.32. The van der Waals surface area contributed by atoms with Crippen LogP contribution in [0.1, 0.15) is 73.4 Å². The summed E-state index contributed by atoms with van der Waals surface area (Å²) in [5, 5.41) is 19.0. The second-order valence-corrected chi connectivity index (χ2v) is 12.7. The number of halogens is 1. The van der Waals surface area contributed by atoms with Gasteiger partial charge < -0.3 is 19.8 Å². The number of hydrogen-bond acceptors (Lipinski definition) is 5. The summed E-state index contributed by atoms with van der Waals surface area (Å²) in [7, 11) is 0. The van der Waals surface area contributed by atoms with Crippen molar-refractivity contribution >= 4 is 35.3 Å². The highest BCUT2D eigenvalue weighted by Gasteiger charge is 2.23. The predicted molar refractivity (Wildman–Crippen MR) is 186 cm³/mol. The zero-order valence-electron chi connectivity index (χ0n) is 26.8. The Labute approximate surface area is 278 Å². The van der Waals surface area contributed by atoms with E-state index >= 15 is 0 Å². The molecule has 8 heteroatoms. The molecule has 1 aliphatic rings. The normalized spacial score (nSPS) is 16.0. The highest BCUT2D eigenvalue weighted by atomic mass is 35.5. The molecule has 0 bridgehead atoms. The van der Waals surface area contributed by atoms with Crippen LogP contribution in [0, 0.1) is 5.92 Å². The molecule has 1 fully saturated rings. The molecule has 0 spiro atoms. The van der Waals surface area contributed by atoms with Crippen molar-refractivity contribution in [3.05, 3.63) is 101 Å². The molecule has 246 valence electrons. The standard InChI is InChI=1S/C38H47ClN2O5/c1-29-28-40(24-25-41(29)35-21-19-34(39)20-22-35)23-7-2-8-26-46-36-11-5-4-10-32(36)16-13-30(9-3-6-12-37(42)43)27-31-14-17-33(18-15-31)38(44)45/h4-5,10-11,13-22,29-30H,2-3,6-9,12,23-28H2,1H3,(H,42,43)(H,44,45). The maximum absolute atomic E-state index is 11.2. The van der Waals surface area contributed by atoms with Gasteiger partial charge in [0.1, 0.15) is 5.75 Å². The van der Waals surface area contributed by atoms with E-state index in [0.29, 0.717) is 19.1 Å². The van der Waals surface area contributed by atoms with Crippen LogP contribution < -0.4 is 9.64 Å². The summed E-state index contributed by atoms with van der Waals surface area (Å²) in [5.74, 6) is -0.660. The number of nitrogens with zero attached hydrogens (tertiary/aromatic N) is 2. The first kappa shape index (κ1) is 35.1. The molecule has 0 amide bonds. The van der Waals surface area contributed by atoms with E-state index in [1.807, 2.05) is 42.5 Å². The lowest BCUT2D eigenvalue weighted by molar-refractivity contribution is -0.137. The van der Waals surface area contributed by atoms with E-state index in [4.69, 9.17) is 21.4 Å². The Morgan fingerprint density at radius 1 is 0.935 bits per heavy atom. The van der Waals surface area contributed by atoms with Crippen LogP contribution in [0.15, 0.2) is 78.9 Å². The van der Waals surface area contributed by atoms with Gasteiger partial charge in [0.05, 0.1) is 12.2 Å². The lowest BCUT2D eigenvalue weighted by Crippen LogP contribution is -2.52. The van der Waals surface area contributed by atoms with Crippen LogP contribution in [0.25, 0.3) is 6.08 Å². The SMILES string of the molecule is CC1CN(CCCCCOc2ccccc2C=CC(CCCCC(=O)O)Cc2ccc(C(=O)O)cc2)CCN1c1ccc(Cl)cc1. The number of aromatic carboxylic acids is 1. The number of piperazine rings is 1. The summed E-state index contributed by atoms with van der Waals surface area (Å²) in [4.78, 5) is 27.3. The van der Waals surface area contributed by atoms with Gasteiger partial charge in [-0.3, -0.25) is 9.69 Å². The van der Waals surface area contributed by atoms with Crippen molar-refractivity contribution < 1.29 is 24.5 Å². The Morgan fingerprint density at radius 2 is 1.70 bits per heavy atom. The van der Waals surface area contributed by atoms with Crippen molar-refractivity contribution in [3.8, 4) is 5.75 Å². The molecule has 0 aromatic heterocycles. The van der Waals surface area contributed by atoms with Crippen LogP contribution in [0.2, 0.25) is 5.02 Å². The number of unbranched alkanes of at least 4 members (excludes halogenated alkanes) is 3. The van der Waals surface area contributed by atoms with E-state index in [1.165, 1.54) is 5.69 Å². The van der Waals surface area contributed by atoms with Crippen molar-refractivity contribution in [2.24, 2.45) is 5.92 Å². The van der Waals surface area contributed by atoms with E-state index < -0.39 is 11.9 Å². The van der Waals surface area contributed by atoms with Gasteiger partial charge >= 0.3 is 11.9 Å². The Hall–Kier alpha value is -3.81. The molecule has 3 aromatic rings.